The summed E-state index contributed by atoms with van der Waals surface area (Å²) in [7, 11) is 0. The molecule has 0 bridgehead atoms. The van der Waals surface area contributed by atoms with Crippen LogP contribution in [0.1, 0.15) is 59.2 Å². The van der Waals surface area contributed by atoms with Crippen LogP contribution < -0.4 is 15.5 Å². The van der Waals surface area contributed by atoms with Gasteiger partial charge in [0.05, 0.1) is 42.3 Å². The molecule has 2 aliphatic rings. The third-order valence-corrected chi connectivity index (χ3v) is 7.56. The quantitative estimate of drug-likeness (QED) is 0.282. The molecule has 0 spiro atoms. The van der Waals surface area contributed by atoms with Gasteiger partial charge < -0.3 is 18.9 Å². The highest BCUT2D eigenvalue weighted by Gasteiger charge is 2.35. The molecule has 2 atom stereocenters. The molecule has 1 aromatic carbocycles. The normalized spacial score (nSPS) is 17.7. The first kappa shape index (κ1) is 34.3. The number of hydrogen-bond donors (Lipinski definition) is 2. The number of rotatable bonds is 4. The number of nitrogens with zero attached hydrogens (tertiary/aromatic N) is 4. The average molecular weight is 663 g/mol. The van der Waals surface area contributed by atoms with E-state index < -0.39 is 41.2 Å². The summed E-state index contributed by atoms with van der Waals surface area (Å²) in [6, 6.07) is 5.28. The Kier molecular flexibility index (Phi) is 9.46. The summed E-state index contributed by atoms with van der Waals surface area (Å²) in [5.74, 6) is -1.18. The third kappa shape index (κ3) is 7.74. The van der Waals surface area contributed by atoms with Gasteiger partial charge >= 0.3 is 18.3 Å². The van der Waals surface area contributed by atoms with Crippen LogP contribution in [0.5, 0.6) is 0 Å². The van der Waals surface area contributed by atoms with Gasteiger partial charge in [0.15, 0.2) is 5.82 Å². The Morgan fingerprint density at radius 1 is 1.02 bits per heavy atom. The minimum atomic E-state index is -0.886. The van der Waals surface area contributed by atoms with Gasteiger partial charge in [0, 0.05) is 48.3 Å². The van der Waals surface area contributed by atoms with Crippen LogP contribution in [-0.4, -0.2) is 65.3 Å². The number of nitrogens with one attached hydrogen (secondary N) is 2. The molecule has 2 N–H and O–H groups in total. The molecular weight excluding hydrogens is 623 g/mol. The Bertz CT molecular complexity index is 1800. The first-order valence-corrected chi connectivity index (χ1v) is 15.6. The van der Waals surface area contributed by atoms with Crippen molar-refractivity contribution in [2.75, 3.05) is 35.3 Å². The Labute approximate surface area is 277 Å². The van der Waals surface area contributed by atoms with Crippen LogP contribution in [0.2, 0.25) is 0 Å². The van der Waals surface area contributed by atoms with Gasteiger partial charge in [-0.3, -0.25) is 20.5 Å². The van der Waals surface area contributed by atoms with Crippen LogP contribution >= 0.6 is 0 Å². The van der Waals surface area contributed by atoms with E-state index in [-0.39, 0.29) is 35.1 Å². The highest BCUT2D eigenvalue weighted by atomic mass is 19.1. The highest BCUT2D eigenvalue weighted by molar-refractivity contribution is 6.04. The molecule has 14 heteroatoms. The number of aromatic nitrogens is 2. The summed E-state index contributed by atoms with van der Waals surface area (Å²) < 4.78 is 38.4. The molecule has 2 aromatic heterocycles. The minimum absolute atomic E-state index is 0.0516. The first-order chi connectivity index (χ1) is 22.5. The summed E-state index contributed by atoms with van der Waals surface area (Å²) in [5.41, 5.74) is -0.0585. The zero-order valence-corrected chi connectivity index (χ0v) is 28.0. The van der Waals surface area contributed by atoms with Crippen molar-refractivity contribution in [3.8, 4) is 17.2 Å². The van der Waals surface area contributed by atoms with Crippen molar-refractivity contribution < 1.29 is 37.7 Å². The third-order valence-electron chi connectivity index (χ3n) is 7.56. The zero-order chi connectivity index (χ0) is 35.0. The lowest BCUT2D eigenvalue weighted by molar-refractivity contribution is 0.0571. The van der Waals surface area contributed by atoms with Crippen LogP contribution in [0.4, 0.5) is 36.0 Å². The molecule has 0 aliphatic carbocycles. The van der Waals surface area contributed by atoms with Gasteiger partial charge in [0.2, 0.25) is 0 Å². The van der Waals surface area contributed by atoms with Crippen molar-refractivity contribution in [2.45, 2.75) is 78.6 Å². The van der Waals surface area contributed by atoms with E-state index in [0.717, 1.165) is 0 Å². The molecule has 3 aromatic rings. The van der Waals surface area contributed by atoms with Crippen molar-refractivity contribution in [3.05, 3.63) is 41.6 Å². The van der Waals surface area contributed by atoms with Crippen molar-refractivity contribution in [1.82, 2.24) is 9.97 Å². The lowest BCUT2D eigenvalue weighted by Gasteiger charge is -2.34. The molecule has 5 rings (SSSR count). The summed E-state index contributed by atoms with van der Waals surface area (Å²) in [6.45, 7) is 12.9. The van der Waals surface area contributed by atoms with Gasteiger partial charge in [0.1, 0.15) is 23.1 Å². The number of carbonyl (C=O) groups excluding carboxylic acids is 3. The van der Waals surface area contributed by atoms with Crippen LogP contribution in [0.15, 0.2) is 24.5 Å². The summed E-state index contributed by atoms with van der Waals surface area (Å²) >= 11 is 0. The Hall–Kier alpha value is -5.03. The Morgan fingerprint density at radius 2 is 1.75 bits per heavy atom. The van der Waals surface area contributed by atoms with Crippen molar-refractivity contribution >= 4 is 46.2 Å². The number of carbonyl (C=O) groups is 3. The summed E-state index contributed by atoms with van der Waals surface area (Å²) in [5, 5.41) is 15.5. The van der Waals surface area contributed by atoms with E-state index in [1.807, 2.05) is 0 Å². The number of amides is 3. The fourth-order valence-electron chi connectivity index (χ4n) is 5.56. The summed E-state index contributed by atoms with van der Waals surface area (Å²) in [6.07, 6.45) is 1.04. The number of halogens is 1. The molecule has 13 nitrogen and oxygen atoms in total. The second kappa shape index (κ2) is 13.2. The second-order valence-electron chi connectivity index (χ2n) is 13.8. The van der Waals surface area contributed by atoms with E-state index in [0.29, 0.717) is 53.9 Å². The number of pyridine rings is 2. The number of nitriles is 1. The maximum absolute atomic E-state index is 16.7. The maximum Gasteiger partial charge on any atom is 0.414 e. The topological polar surface area (TPSA) is 165 Å². The van der Waals surface area contributed by atoms with Crippen LogP contribution in [0, 0.1) is 30.0 Å². The van der Waals surface area contributed by atoms with E-state index >= 15 is 4.39 Å². The molecule has 1 unspecified atom stereocenters. The van der Waals surface area contributed by atoms with Gasteiger partial charge in [-0.1, -0.05) is 0 Å². The van der Waals surface area contributed by atoms with Gasteiger partial charge in [0.25, 0.3) is 0 Å². The predicted molar refractivity (Wildman–Crippen MR) is 175 cm³/mol. The van der Waals surface area contributed by atoms with E-state index in [9.17, 15) is 19.6 Å². The van der Waals surface area contributed by atoms with E-state index in [4.69, 9.17) is 18.9 Å². The molecule has 48 heavy (non-hydrogen) atoms. The van der Waals surface area contributed by atoms with Crippen molar-refractivity contribution in [1.29, 1.82) is 5.26 Å². The highest BCUT2D eigenvalue weighted by Crippen LogP contribution is 2.41. The standard InChI is InChI=1S/C34H39FN6O7/c1-18-23(14-37-25-10-19(13-36)16-41(29(18)25)32(44)48-34(5,6)7)22-11-20-12-26(39-30(42)46-21-8-9-45-17-21)38-15-24(20)28(27(22)35)40-31(43)47-33(2,3)4/h11-12,14-15,19,21H,8-10,16-17H2,1-7H3,(H,40,43)(H,38,39,42)/t19?,21-/m1/s1. The van der Waals surface area contributed by atoms with Crippen LogP contribution in [0.25, 0.3) is 21.9 Å². The minimum Gasteiger partial charge on any atom is -0.444 e. The predicted octanol–water partition coefficient (Wildman–Crippen LogP) is 6.87. The number of anilines is 3. The summed E-state index contributed by atoms with van der Waals surface area (Å²) in [4.78, 5) is 49.0. The van der Waals surface area contributed by atoms with Gasteiger partial charge in [-0.2, -0.15) is 5.26 Å². The molecule has 2 aliphatic heterocycles. The molecular formula is C34H39FN6O7. The van der Waals surface area contributed by atoms with E-state index in [2.05, 4.69) is 26.7 Å². The Morgan fingerprint density at radius 3 is 2.40 bits per heavy atom. The Balaban J connectivity index is 1.62. The first-order valence-electron chi connectivity index (χ1n) is 15.6. The number of benzene rings is 1. The van der Waals surface area contributed by atoms with Crippen molar-refractivity contribution in [3.63, 3.8) is 0 Å². The second-order valence-corrected chi connectivity index (χ2v) is 13.8. The molecule has 1 saturated heterocycles. The van der Waals surface area contributed by atoms with Gasteiger partial charge in [-0.05, 0) is 71.5 Å². The van der Waals surface area contributed by atoms with Crippen molar-refractivity contribution in [2.24, 2.45) is 5.92 Å². The SMILES string of the molecule is Cc1c(-c2cc3cc(NC(=O)O[C@@H]4CCOC4)ncc3c(NC(=O)OC(C)(C)C)c2F)cnc2c1N(C(=O)OC(C)(C)C)CC(C#N)C2. The van der Waals surface area contributed by atoms with Crippen LogP contribution in [0.3, 0.4) is 0 Å². The zero-order valence-electron chi connectivity index (χ0n) is 28.0. The number of hydrogen-bond acceptors (Lipinski definition) is 10. The largest absolute Gasteiger partial charge is 0.444 e. The number of ether oxygens (including phenoxy) is 4. The molecule has 4 heterocycles. The molecule has 1 fully saturated rings. The number of fused-ring (bicyclic) bond motifs is 2. The average Bonchev–Trinajstić information content (AvgIpc) is 3.49. The molecule has 3 amide bonds. The van der Waals surface area contributed by atoms with Gasteiger partial charge in [-0.25, -0.2) is 23.8 Å². The molecule has 254 valence electrons. The monoisotopic (exact) mass is 662 g/mol. The van der Waals surface area contributed by atoms with Gasteiger partial charge in [-0.15, -0.1) is 0 Å². The van der Waals surface area contributed by atoms with Crippen LogP contribution in [-0.2, 0) is 25.4 Å². The molecule has 0 radical (unpaired) electrons. The lowest BCUT2D eigenvalue weighted by atomic mass is 9.91. The maximum atomic E-state index is 16.7. The fraction of sp³-hybridized carbons (Fsp3) is 0.471. The van der Waals surface area contributed by atoms with E-state index in [1.54, 1.807) is 54.5 Å². The lowest BCUT2D eigenvalue weighted by Crippen LogP contribution is -2.43. The molecule has 0 saturated carbocycles. The van der Waals surface area contributed by atoms with E-state index in [1.165, 1.54) is 23.4 Å². The smallest absolute Gasteiger partial charge is 0.414 e. The fourth-order valence-corrected chi connectivity index (χ4v) is 5.56.